The van der Waals surface area contributed by atoms with E-state index in [4.69, 9.17) is 9.47 Å². The van der Waals surface area contributed by atoms with Crippen LogP contribution in [-0.2, 0) is 16.0 Å². The van der Waals surface area contributed by atoms with E-state index < -0.39 is 11.4 Å². The van der Waals surface area contributed by atoms with Crippen molar-refractivity contribution in [2.24, 2.45) is 11.3 Å². The Kier molecular flexibility index (Phi) is 3.89. The van der Waals surface area contributed by atoms with Crippen molar-refractivity contribution in [3.63, 3.8) is 0 Å². The zero-order valence-corrected chi connectivity index (χ0v) is 12.4. The minimum atomic E-state index is -0.693. The van der Waals surface area contributed by atoms with Crippen LogP contribution in [0.4, 0.5) is 0 Å². The molecule has 1 saturated carbocycles. The van der Waals surface area contributed by atoms with E-state index in [-0.39, 0.29) is 6.10 Å². The summed E-state index contributed by atoms with van der Waals surface area (Å²) in [7, 11) is 1.64. The molecule has 0 radical (unpaired) electrons. The average Bonchev–Trinajstić information content (AvgIpc) is 3.25. The van der Waals surface area contributed by atoms with Gasteiger partial charge in [-0.2, -0.15) is 0 Å². The van der Waals surface area contributed by atoms with Crippen LogP contribution >= 0.6 is 0 Å². The maximum absolute atomic E-state index is 11.9. The minimum absolute atomic E-state index is 0.0896. The predicted molar refractivity (Wildman–Crippen MR) is 78.5 cm³/mol. The highest BCUT2D eigenvalue weighted by molar-refractivity contribution is 5.76. The predicted octanol–water partition coefficient (Wildman–Crippen LogP) is 2.90. The second-order valence-corrected chi connectivity index (χ2v) is 6.19. The zero-order valence-electron chi connectivity index (χ0n) is 12.4. The molecule has 2 aliphatic rings. The number of carboxylic acids is 1. The van der Waals surface area contributed by atoms with Crippen LogP contribution in [-0.4, -0.2) is 30.9 Å². The normalized spacial score (nSPS) is 28.5. The van der Waals surface area contributed by atoms with Gasteiger partial charge in [0.05, 0.1) is 18.6 Å². The van der Waals surface area contributed by atoms with Gasteiger partial charge in [0.25, 0.3) is 0 Å². The van der Waals surface area contributed by atoms with Gasteiger partial charge < -0.3 is 14.6 Å². The van der Waals surface area contributed by atoms with Crippen molar-refractivity contribution < 1.29 is 19.4 Å². The van der Waals surface area contributed by atoms with E-state index in [2.05, 4.69) is 0 Å². The summed E-state index contributed by atoms with van der Waals surface area (Å²) < 4.78 is 10.9. The van der Waals surface area contributed by atoms with Gasteiger partial charge in [-0.3, -0.25) is 4.79 Å². The van der Waals surface area contributed by atoms with Gasteiger partial charge in [-0.15, -0.1) is 0 Å². The lowest BCUT2D eigenvalue weighted by Gasteiger charge is -2.30. The topological polar surface area (TPSA) is 55.8 Å². The average molecular weight is 290 g/mol. The lowest BCUT2D eigenvalue weighted by Crippen LogP contribution is -2.40. The summed E-state index contributed by atoms with van der Waals surface area (Å²) in [5, 5.41) is 9.77. The minimum Gasteiger partial charge on any atom is -0.497 e. The van der Waals surface area contributed by atoms with Crippen molar-refractivity contribution >= 4 is 5.97 Å². The molecule has 21 heavy (non-hydrogen) atoms. The van der Waals surface area contributed by atoms with Crippen LogP contribution in [0.3, 0.4) is 0 Å². The van der Waals surface area contributed by atoms with E-state index in [0.717, 1.165) is 30.6 Å². The zero-order chi connectivity index (χ0) is 14.9. The van der Waals surface area contributed by atoms with Crippen LogP contribution in [0.2, 0.25) is 0 Å². The molecule has 0 aromatic heterocycles. The number of hydrogen-bond acceptors (Lipinski definition) is 3. The molecule has 2 atom stereocenters. The molecule has 1 aromatic rings. The third kappa shape index (κ3) is 2.77. The Morgan fingerprint density at radius 3 is 2.67 bits per heavy atom. The Balaban J connectivity index is 1.71. The number of ether oxygens (including phenoxy) is 2. The molecule has 4 heteroatoms. The number of aryl methyl sites for hydroxylation is 1. The third-order valence-corrected chi connectivity index (χ3v) is 4.89. The fourth-order valence-electron chi connectivity index (χ4n) is 3.42. The van der Waals surface area contributed by atoms with Crippen LogP contribution in [0.15, 0.2) is 24.3 Å². The van der Waals surface area contributed by atoms with Gasteiger partial charge in [0.15, 0.2) is 0 Å². The Labute approximate surface area is 125 Å². The lowest BCUT2D eigenvalue weighted by atomic mass is 9.74. The Morgan fingerprint density at radius 1 is 1.38 bits per heavy atom. The van der Waals surface area contributed by atoms with Crippen LogP contribution < -0.4 is 4.74 Å². The smallest absolute Gasteiger partial charge is 0.312 e. The summed E-state index contributed by atoms with van der Waals surface area (Å²) in [6.07, 6.45) is 4.19. The van der Waals surface area contributed by atoms with Crippen LogP contribution in [0.1, 0.15) is 31.2 Å². The molecule has 2 unspecified atom stereocenters. The van der Waals surface area contributed by atoms with E-state index in [0.29, 0.717) is 25.4 Å². The SMILES string of the molecule is COc1ccc(CCC2(C(=O)O)CCOC2C2CC2)cc1. The number of aliphatic carboxylic acids is 1. The lowest BCUT2D eigenvalue weighted by molar-refractivity contribution is -0.153. The molecule has 1 aromatic carbocycles. The monoisotopic (exact) mass is 290 g/mol. The standard InChI is InChI=1S/C17H22O4/c1-20-14-6-2-12(3-7-14)8-9-17(16(18)19)10-11-21-15(17)13-4-5-13/h2-3,6-7,13,15H,4-5,8-11H2,1H3,(H,18,19). The van der Waals surface area contributed by atoms with Gasteiger partial charge in [-0.25, -0.2) is 0 Å². The summed E-state index contributed by atoms with van der Waals surface area (Å²) in [6, 6.07) is 7.87. The summed E-state index contributed by atoms with van der Waals surface area (Å²) in [5.41, 5.74) is 0.457. The highest BCUT2D eigenvalue weighted by atomic mass is 16.5. The first-order valence-electron chi connectivity index (χ1n) is 7.64. The summed E-state index contributed by atoms with van der Waals surface area (Å²) in [4.78, 5) is 11.9. The molecular weight excluding hydrogens is 268 g/mol. The molecule has 3 rings (SSSR count). The fourth-order valence-corrected chi connectivity index (χ4v) is 3.42. The van der Waals surface area contributed by atoms with Gasteiger partial charge in [-0.1, -0.05) is 12.1 Å². The van der Waals surface area contributed by atoms with Crippen molar-refractivity contribution in [1.82, 2.24) is 0 Å². The van der Waals surface area contributed by atoms with Crippen LogP contribution in [0.25, 0.3) is 0 Å². The molecule has 1 N–H and O–H groups in total. The van der Waals surface area contributed by atoms with E-state index in [9.17, 15) is 9.90 Å². The van der Waals surface area contributed by atoms with Crippen molar-refractivity contribution in [2.75, 3.05) is 13.7 Å². The third-order valence-electron chi connectivity index (χ3n) is 4.89. The molecule has 2 fully saturated rings. The van der Waals surface area contributed by atoms with Gasteiger partial charge in [0, 0.05) is 6.61 Å². The number of carboxylic acid groups (broad SMARTS) is 1. The summed E-state index contributed by atoms with van der Waals surface area (Å²) >= 11 is 0. The van der Waals surface area contributed by atoms with E-state index in [1.165, 1.54) is 0 Å². The fraction of sp³-hybridized carbons (Fsp3) is 0.588. The van der Waals surface area contributed by atoms with Crippen molar-refractivity contribution in [3.8, 4) is 5.75 Å². The maximum atomic E-state index is 11.9. The number of rotatable bonds is 6. The number of benzene rings is 1. The van der Waals surface area contributed by atoms with Gasteiger partial charge >= 0.3 is 5.97 Å². The summed E-state index contributed by atoms with van der Waals surface area (Å²) in [5.74, 6) is 0.594. The first kappa shape index (κ1) is 14.4. The molecular formula is C17H22O4. The van der Waals surface area contributed by atoms with Crippen LogP contribution in [0.5, 0.6) is 5.75 Å². The maximum Gasteiger partial charge on any atom is 0.312 e. The first-order chi connectivity index (χ1) is 10.2. The largest absolute Gasteiger partial charge is 0.497 e. The second kappa shape index (κ2) is 5.68. The second-order valence-electron chi connectivity index (χ2n) is 6.19. The van der Waals surface area contributed by atoms with Crippen molar-refractivity contribution in [1.29, 1.82) is 0 Å². The molecule has 4 nitrogen and oxygen atoms in total. The van der Waals surface area contributed by atoms with E-state index in [1.54, 1.807) is 7.11 Å². The highest BCUT2D eigenvalue weighted by Gasteiger charge is 2.55. The van der Waals surface area contributed by atoms with Crippen molar-refractivity contribution in [3.05, 3.63) is 29.8 Å². The molecule has 0 spiro atoms. The van der Waals surface area contributed by atoms with Gasteiger partial charge in [0.1, 0.15) is 5.75 Å². The molecule has 1 aliphatic heterocycles. The molecule has 1 saturated heterocycles. The van der Waals surface area contributed by atoms with E-state index in [1.807, 2.05) is 24.3 Å². The van der Waals surface area contributed by atoms with E-state index >= 15 is 0 Å². The Hall–Kier alpha value is -1.55. The molecule has 0 amide bonds. The number of carbonyl (C=O) groups is 1. The summed E-state index contributed by atoms with van der Waals surface area (Å²) in [6.45, 7) is 0.579. The van der Waals surface area contributed by atoms with Gasteiger partial charge in [0.2, 0.25) is 0 Å². The van der Waals surface area contributed by atoms with Crippen molar-refractivity contribution in [2.45, 2.75) is 38.2 Å². The molecule has 1 aliphatic carbocycles. The van der Waals surface area contributed by atoms with Gasteiger partial charge in [-0.05, 0) is 55.7 Å². The molecule has 1 heterocycles. The molecule has 0 bridgehead atoms. The Morgan fingerprint density at radius 2 is 2.10 bits per heavy atom. The van der Waals surface area contributed by atoms with Crippen LogP contribution in [0, 0.1) is 11.3 Å². The molecule has 114 valence electrons. The quantitative estimate of drug-likeness (QED) is 0.875. The first-order valence-corrected chi connectivity index (χ1v) is 7.64. The highest BCUT2D eigenvalue weighted by Crippen LogP contribution is 2.50. The number of methoxy groups -OCH3 is 1. The number of hydrogen-bond donors (Lipinski definition) is 1. The Bertz CT molecular complexity index is 506.